The zero-order valence-corrected chi connectivity index (χ0v) is 19.5. The molecule has 1 unspecified atom stereocenters. The molecule has 0 radical (unpaired) electrons. The first-order valence-electron chi connectivity index (χ1n) is 9.85. The molecule has 166 valence electrons. The third kappa shape index (κ3) is 4.91. The van der Waals surface area contributed by atoms with Crippen LogP contribution >= 0.6 is 30.8 Å². The lowest BCUT2D eigenvalue weighted by Gasteiger charge is -2.33. The number of fused-ring (bicyclic) bond motifs is 1. The molecule has 1 aliphatic rings. The van der Waals surface area contributed by atoms with Gasteiger partial charge in [0, 0.05) is 40.3 Å². The summed E-state index contributed by atoms with van der Waals surface area (Å²) < 4.78 is 11.4. The monoisotopic (exact) mass is 490 g/mol. The fraction of sp³-hybridized carbons (Fsp3) is 0.174. The average Bonchev–Trinajstić information content (AvgIpc) is 2.74. The number of hydrogen-bond acceptors (Lipinski definition) is 3. The van der Waals surface area contributed by atoms with Gasteiger partial charge in [0.2, 0.25) is 0 Å². The Morgan fingerprint density at radius 2 is 1.81 bits per heavy atom. The van der Waals surface area contributed by atoms with Crippen LogP contribution in [0.4, 0.5) is 5.69 Å². The minimum Gasteiger partial charge on any atom is -0.322 e. The molecule has 32 heavy (non-hydrogen) atoms. The number of anilines is 1. The van der Waals surface area contributed by atoms with Gasteiger partial charge in [0.1, 0.15) is 0 Å². The van der Waals surface area contributed by atoms with Gasteiger partial charge < -0.3 is 20.0 Å². The Bertz CT molecular complexity index is 1230. The maximum absolute atomic E-state index is 12.6. The summed E-state index contributed by atoms with van der Waals surface area (Å²) >= 11 is 12.7. The van der Waals surface area contributed by atoms with Crippen LogP contribution in [-0.2, 0) is 11.1 Å². The summed E-state index contributed by atoms with van der Waals surface area (Å²) in [5.41, 5.74) is 3.98. The van der Waals surface area contributed by atoms with E-state index in [9.17, 15) is 19.1 Å². The second-order valence-corrected chi connectivity index (χ2v) is 10.3. The largest absolute Gasteiger partial charge is 0.356 e. The number of carbonyl (C=O) groups excluding carboxylic acids is 1. The first-order valence-corrected chi connectivity index (χ1v) is 12.2. The van der Waals surface area contributed by atoms with Crippen LogP contribution in [0.2, 0.25) is 10.0 Å². The van der Waals surface area contributed by atoms with Crippen molar-refractivity contribution in [2.45, 2.75) is 12.5 Å². The van der Waals surface area contributed by atoms with Crippen molar-refractivity contribution in [1.82, 2.24) is 4.90 Å². The standard InChI is InChI=1S/C23H21Cl2N2O4P/c1-27-12-20(19-10-16(24)11-22(25)21(19)13-27)14-5-7-17(8-6-14)26-23(28)15-3-2-4-18(9-15)32(29,30)31/h2-11,20H,12-13H2,1H3,(H,26,28)(H2,29,30,31). The van der Waals surface area contributed by atoms with Crippen LogP contribution in [0.3, 0.4) is 0 Å². The van der Waals surface area contributed by atoms with Gasteiger partial charge in [0.15, 0.2) is 0 Å². The molecule has 3 aromatic rings. The SMILES string of the molecule is CN1Cc2c(Cl)cc(Cl)cc2C(c2ccc(NC(=O)c3cccc(P(=O)(O)O)c3)cc2)C1. The molecular formula is C23H21Cl2N2O4P. The molecule has 0 aromatic heterocycles. The van der Waals surface area contributed by atoms with E-state index in [1.165, 1.54) is 24.3 Å². The number of carbonyl (C=O) groups is 1. The van der Waals surface area contributed by atoms with Gasteiger partial charge in [-0.1, -0.05) is 41.4 Å². The predicted octanol–water partition coefficient (Wildman–Crippen LogP) is 4.63. The van der Waals surface area contributed by atoms with Crippen LogP contribution in [0, 0.1) is 0 Å². The Morgan fingerprint density at radius 1 is 1.09 bits per heavy atom. The highest BCUT2D eigenvalue weighted by Gasteiger charge is 2.27. The molecule has 1 heterocycles. The van der Waals surface area contributed by atoms with E-state index in [0.717, 1.165) is 29.8 Å². The van der Waals surface area contributed by atoms with E-state index >= 15 is 0 Å². The first kappa shape index (κ1) is 23.0. The van der Waals surface area contributed by atoms with Crippen LogP contribution in [0.15, 0.2) is 60.7 Å². The molecule has 0 bridgehead atoms. The van der Waals surface area contributed by atoms with E-state index in [-0.39, 0.29) is 16.8 Å². The minimum atomic E-state index is -4.43. The molecule has 0 fully saturated rings. The summed E-state index contributed by atoms with van der Waals surface area (Å²) in [7, 11) is -2.39. The number of likely N-dealkylation sites (N-methyl/N-ethyl adjacent to an activating group) is 1. The number of amides is 1. The van der Waals surface area contributed by atoms with Gasteiger partial charge in [-0.05, 0) is 66.2 Å². The van der Waals surface area contributed by atoms with E-state index in [1.807, 2.05) is 25.2 Å². The Morgan fingerprint density at radius 3 is 2.50 bits per heavy atom. The number of halogens is 2. The third-order valence-corrected chi connectivity index (χ3v) is 7.01. The maximum Gasteiger partial charge on any atom is 0.356 e. The van der Waals surface area contributed by atoms with E-state index in [2.05, 4.69) is 10.2 Å². The summed E-state index contributed by atoms with van der Waals surface area (Å²) in [5.74, 6) is -0.362. The number of nitrogens with one attached hydrogen (secondary N) is 1. The van der Waals surface area contributed by atoms with Crippen molar-refractivity contribution < 1.29 is 19.1 Å². The van der Waals surface area contributed by atoms with Crippen molar-refractivity contribution in [3.05, 3.63) is 93.0 Å². The van der Waals surface area contributed by atoms with E-state index in [0.29, 0.717) is 15.7 Å². The predicted molar refractivity (Wildman–Crippen MR) is 127 cm³/mol. The topological polar surface area (TPSA) is 89.9 Å². The third-order valence-electron chi connectivity index (χ3n) is 5.51. The summed E-state index contributed by atoms with van der Waals surface area (Å²) in [6, 6.07) is 16.7. The Labute approximate surface area is 195 Å². The zero-order valence-electron chi connectivity index (χ0n) is 17.1. The average molecular weight is 491 g/mol. The Kier molecular flexibility index (Phi) is 6.46. The molecule has 1 amide bonds. The lowest BCUT2D eigenvalue weighted by atomic mass is 9.84. The van der Waals surface area contributed by atoms with Gasteiger partial charge in [-0.2, -0.15) is 0 Å². The zero-order chi connectivity index (χ0) is 23.0. The molecular weight excluding hydrogens is 470 g/mol. The molecule has 1 aliphatic heterocycles. The summed E-state index contributed by atoms with van der Waals surface area (Å²) in [6.07, 6.45) is 0. The van der Waals surface area contributed by atoms with Crippen LogP contribution in [0.5, 0.6) is 0 Å². The number of benzene rings is 3. The fourth-order valence-corrected chi connectivity index (χ4v) is 5.12. The van der Waals surface area contributed by atoms with Gasteiger partial charge >= 0.3 is 7.60 Å². The molecule has 0 saturated carbocycles. The Balaban J connectivity index is 1.56. The van der Waals surface area contributed by atoms with Crippen molar-refractivity contribution >= 4 is 47.7 Å². The van der Waals surface area contributed by atoms with Crippen molar-refractivity contribution in [3.8, 4) is 0 Å². The van der Waals surface area contributed by atoms with Crippen molar-refractivity contribution in [3.63, 3.8) is 0 Å². The second-order valence-electron chi connectivity index (χ2n) is 7.88. The van der Waals surface area contributed by atoms with Gasteiger partial charge in [-0.15, -0.1) is 0 Å². The van der Waals surface area contributed by atoms with Gasteiger partial charge in [-0.3, -0.25) is 9.36 Å². The van der Waals surface area contributed by atoms with Crippen molar-refractivity contribution in [2.24, 2.45) is 0 Å². The van der Waals surface area contributed by atoms with Gasteiger partial charge in [0.25, 0.3) is 5.91 Å². The van der Waals surface area contributed by atoms with Gasteiger partial charge in [0.05, 0.1) is 5.30 Å². The normalized spacial score (nSPS) is 16.5. The van der Waals surface area contributed by atoms with Crippen molar-refractivity contribution in [1.29, 1.82) is 0 Å². The van der Waals surface area contributed by atoms with E-state index < -0.39 is 13.5 Å². The fourth-order valence-electron chi connectivity index (χ4n) is 3.96. The molecule has 4 rings (SSSR count). The smallest absolute Gasteiger partial charge is 0.322 e. The Hall–Kier alpha value is -2.18. The highest BCUT2D eigenvalue weighted by molar-refractivity contribution is 7.60. The molecule has 0 aliphatic carbocycles. The second kappa shape index (κ2) is 8.99. The molecule has 3 aromatic carbocycles. The van der Waals surface area contributed by atoms with E-state index in [4.69, 9.17) is 23.2 Å². The highest BCUT2D eigenvalue weighted by atomic mass is 35.5. The summed E-state index contributed by atoms with van der Waals surface area (Å²) in [5, 5.41) is 3.83. The highest BCUT2D eigenvalue weighted by Crippen LogP contribution is 2.38. The molecule has 3 N–H and O–H groups in total. The van der Waals surface area contributed by atoms with Crippen LogP contribution in [-0.4, -0.2) is 34.2 Å². The molecule has 1 atom stereocenters. The molecule has 9 heteroatoms. The van der Waals surface area contributed by atoms with Crippen molar-refractivity contribution in [2.75, 3.05) is 18.9 Å². The molecule has 0 spiro atoms. The van der Waals surface area contributed by atoms with Crippen LogP contribution < -0.4 is 10.6 Å². The number of nitrogens with zero attached hydrogens (tertiary/aromatic N) is 1. The summed E-state index contributed by atoms with van der Waals surface area (Å²) in [6.45, 7) is 1.56. The van der Waals surface area contributed by atoms with Crippen LogP contribution in [0.1, 0.15) is 33.0 Å². The number of rotatable bonds is 4. The first-order chi connectivity index (χ1) is 15.1. The lowest BCUT2D eigenvalue weighted by Crippen LogP contribution is -2.31. The quantitative estimate of drug-likeness (QED) is 0.464. The summed E-state index contributed by atoms with van der Waals surface area (Å²) in [4.78, 5) is 33.4. The van der Waals surface area contributed by atoms with Gasteiger partial charge in [-0.25, -0.2) is 0 Å². The lowest BCUT2D eigenvalue weighted by molar-refractivity contribution is 0.102. The molecule has 6 nitrogen and oxygen atoms in total. The molecule has 0 saturated heterocycles. The van der Waals surface area contributed by atoms with Crippen LogP contribution in [0.25, 0.3) is 0 Å². The van der Waals surface area contributed by atoms with E-state index in [1.54, 1.807) is 18.2 Å². The number of hydrogen-bond donors (Lipinski definition) is 3. The minimum absolute atomic E-state index is 0.0876. The maximum atomic E-state index is 12.6.